The van der Waals surface area contributed by atoms with Crippen LogP contribution in [0.25, 0.3) is 0 Å². The van der Waals surface area contributed by atoms with Gasteiger partial charge in [-0.1, -0.05) is 6.08 Å². The van der Waals surface area contributed by atoms with E-state index in [1.807, 2.05) is 6.07 Å². The molecule has 0 aromatic carbocycles. The van der Waals surface area contributed by atoms with Crippen LogP contribution in [-0.4, -0.2) is 11.6 Å². The van der Waals surface area contributed by atoms with Crippen molar-refractivity contribution in [2.45, 2.75) is 39.2 Å². The molecule has 0 spiro atoms. The fraction of sp³-hybridized carbons (Fsp3) is 0.636. The molecule has 3 nitrogen and oxygen atoms in total. The Hall–Kier alpha value is -1.30. The molecule has 1 aliphatic rings. The molecule has 0 heterocycles. The third-order valence-corrected chi connectivity index (χ3v) is 1.76. The predicted molar refractivity (Wildman–Crippen MR) is 52.3 cm³/mol. The zero-order valence-electron chi connectivity index (χ0n) is 8.83. The molecule has 0 radical (unpaired) electrons. The molecule has 1 fully saturated rings. The Morgan fingerprint density at radius 3 is 2.43 bits per heavy atom. The van der Waals surface area contributed by atoms with Crippen molar-refractivity contribution in [2.24, 2.45) is 5.92 Å². The summed E-state index contributed by atoms with van der Waals surface area (Å²) in [5.74, 6) is -0.0935. The van der Waals surface area contributed by atoms with Crippen molar-refractivity contribution in [1.82, 2.24) is 0 Å². The highest BCUT2D eigenvalue weighted by Gasteiger charge is 2.24. The smallest absolute Gasteiger partial charge is 0.349 e. The van der Waals surface area contributed by atoms with Crippen molar-refractivity contribution < 1.29 is 9.53 Å². The maximum atomic E-state index is 11.4. The summed E-state index contributed by atoms with van der Waals surface area (Å²) >= 11 is 0. The number of nitrogens with zero attached hydrogens (tertiary/aromatic N) is 1. The summed E-state index contributed by atoms with van der Waals surface area (Å²) in [5, 5.41) is 8.75. The Morgan fingerprint density at radius 1 is 1.50 bits per heavy atom. The summed E-state index contributed by atoms with van der Waals surface area (Å²) in [6.45, 7) is 5.37. The minimum atomic E-state index is -0.531. The first-order valence-electron chi connectivity index (χ1n) is 4.77. The van der Waals surface area contributed by atoms with Gasteiger partial charge in [0.25, 0.3) is 0 Å². The Kier molecular flexibility index (Phi) is 2.95. The van der Waals surface area contributed by atoms with Gasteiger partial charge in [-0.05, 0) is 39.5 Å². The van der Waals surface area contributed by atoms with Crippen LogP contribution in [0.5, 0.6) is 0 Å². The number of carbonyl (C=O) groups is 1. The van der Waals surface area contributed by atoms with Crippen LogP contribution in [0.4, 0.5) is 0 Å². The van der Waals surface area contributed by atoms with E-state index in [-0.39, 0.29) is 5.57 Å². The van der Waals surface area contributed by atoms with Crippen LogP contribution in [0, 0.1) is 17.2 Å². The quantitative estimate of drug-likeness (QED) is 0.383. The number of nitriles is 1. The molecule has 0 bridgehead atoms. The molecule has 0 atom stereocenters. The normalized spacial score (nSPS) is 17.4. The molecule has 76 valence electrons. The Bertz CT molecular complexity index is 300. The molecule has 1 saturated carbocycles. The van der Waals surface area contributed by atoms with Crippen molar-refractivity contribution in [2.75, 3.05) is 0 Å². The number of hydrogen-bond acceptors (Lipinski definition) is 3. The van der Waals surface area contributed by atoms with Crippen molar-refractivity contribution >= 4 is 5.97 Å². The number of esters is 1. The number of ether oxygens (including phenoxy) is 1. The van der Waals surface area contributed by atoms with Crippen LogP contribution in [0.2, 0.25) is 0 Å². The van der Waals surface area contributed by atoms with Crippen molar-refractivity contribution in [1.29, 1.82) is 5.26 Å². The van der Waals surface area contributed by atoms with Gasteiger partial charge in [-0.15, -0.1) is 0 Å². The van der Waals surface area contributed by atoms with E-state index < -0.39 is 11.6 Å². The lowest BCUT2D eigenvalue weighted by atomic mass is 10.1. The Morgan fingerprint density at radius 2 is 2.07 bits per heavy atom. The van der Waals surface area contributed by atoms with Crippen LogP contribution < -0.4 is 0 Å². The Balaban J connectivity index is 2.62. The van der Waals surface area contributed by atoms with Gasteiger partial charge in [0.05, 0.1) is 0 Å². The second-order valence-corrected chi connectivity index (χ2v) is 4.53. The van der Waals surface area contributed by atoms with Gasteiger partial charge in [0.15, 0.2) is 0 Å². The number of carbonyl (C=O) groups excluding carboxylic acids is 1. The van der Waals surface area contributed by atoms with E-state index in [1.165, 1.54) is 0 Å². The minimum absolute atomic E-state index is 0.141. The monoisotopic (exact) mass is 193 g/mol. The maximum Gasteiger partial charge on any atom is 0.349 e. The third kappa shape index (κ3) is 3.61. The van der Waals surface area contributed by atoms with E-state index in [2.05, 4.69) is 0 Å². The molecule has 0 saturated heterocycles. The highest BCUT2D eigenvalue weighted by atomic mass is 16.6. The molecule has 1 aliphatic carbocycles. The molecule has 14 heavy (non-hydrogen) atoms. The minimum Gasteiger partial charge on any atom is -0.456 e. The molecule has 0 aromatic heterocycles. The van der Waals surface area contributed by atoms with Gasteiger partial charge in [-0.25, -0.2) is 4.79 Å². The molecule has 0 unspecified atom stereocenters. The van der Waals surface area contributed by atoms with Gasteiger partial charge in [0.1, 0.15) is 17.2 Å². The molecular weight excluding hydrogens is 178 g/mol. The van der Waals surface area contributed by atoms with Gasteiger partial charge < -0.3 is 4.74 Å². The molecule has 0 aliphatic heterocycles. The van der Waals surface area contributed by atoms with Crippen LogP contribution in [0.3, 0.4) is 0 Å². The van der Waals surface area contributed by atoms with Gasteiger partial charge in [-0.3, -0.25) is 0 Å². The molecule has 0 aromatic rings. The van der Waals surface area contributed by atoms with Crippen LogP contribution in [-0.2, 0) is 9.53 Å². The Labute approximate surface area is 84.4 Å². The highest BCUT2D eigenvalue weighted by molar-refractivity contribution is 5.93. The van der Waals surface area contributed by atoms with Crippen LogP contribution in [0.15, 0.2) is 11.6 Å². The fourth-order valence-corrected chi connectivity index (χ4v) is 0.983. The first-order chi connectivity index (χ1) is 6.42. The number of allylic oxidation sites excluding steroid dienone is 1. The lowest BCUT2D eigenvalue weighted by molar-refractivity contribution is -0.149. The molecular formula is C11H15NO2. The van der Waals surface area contributed by atoms with E-state index >= 15 is 0 Å². The summed E-state index contributed by atoms with van der Waals surface area (Å²) in [6, 6.07) is 1.88. The van der Waals surface area contributed by atoms with Crippen molar-refractivity contribution in [3.05, 3.63) is 11.6 Å². The van der Waals surface area contributed by atoms with Crippen LogP contribution >= 0.6 is 0 Å². The van der Waals surface area contributed by atoms with Crippen LogP contribution in [0.1, 0.15) is 33.6 Å². The summed E-state index contributed by atoms with van der Waals surface area (Å²) in [7, 11) is 0. The van der Waals surface area contributed by atoms with E-state index in [9.17, 15) is 4.79 Å². The van der Waals surface area contributed by atoms with E-state index in [4.69, 9.17) is 10.00 Å². The standard InChI is InChI=1S/C11H15NO2/c1-11(2,3)14-10(13)9(7-12)6-8-4-5-8/h6,8H,4-5H2,1-3H3/b9-6-. The first-order valence-corrected chi connectivity index (χ1v) is 4.77. The lowest BCUT2D eigenvalue weighted by Crippen LogP contribution is -2.24. The lowest BCUT2D eigenvalue weighted by Gasteiger charge is -2.18. The number of hydrogen-bond donors (Lipinski definition) is 0. The topological polar surface area (TPSA) is 50.1 Å². The molecule has 0 amide bonds. The first kappa shape index (κ1) is 10.8. The third-order valence-electron chi connectivity index (χ3n) is 1.76. The van der Waals surface area contributed by atoms with E-state index in [1.54, 1.807) is 26.8 Å². The maximum absolute atomic E-state index is 11.4. The fourth-order valence-electron chi connectivity index (χ4n) is 0.983. The van der Waals surface area contributed by atoms with Crippen molar-refractivity contribution in [3.8, 4) is 6.07 Å². The molecule has 1 rings (SSSR count). The average Bonchev–Trinajstić information content (AvgIpc) is 2.79. The average molecular weight is 193 g/mol. The summed E-state index contributed by atoms with van der Waals surface area (Å²) in [5.41, 5.74) is -0.390. The summed E-state index contributed by atoms with van der Waals surface area (Å²) in [6.07, 6.45) is 3.87. The highest BCUT2D eigenvalue weighted by Crippen LogP contribution is 2.31. The summed E-state index contributed by atoms with van der Waals surface area (Å²) < 4.78 is 5.09. The van der Waals surface area contributed by atoms with Gasteiger partial charge >= 0.3 is 5.97 Å². The second kappa shape index (κ2) is 3.83. The van der Waals surface area contributed by atoms with Gasteiger partial charge in [0, 0.05) is 0 Å². The van der Waals surface area contributed by atoms with Crippen molar-refractivity contribution in [3.63, 3.8) is 0 Å². The zero-order valence-corrected chi connectivity index (χ0v) is 8.83. The molecule has 0 N–H and O–H groups in total. The largest absolute Gasteiger partial charge is 0.456 e. The molecule has 3 heteroatoms. The SMILES string of the molecule is CC(C)(C)OC(=O)/C(C#N)=C\C1CC1. The van der Waals surface area contributed by atoms with E-state index in [0.29, 0.717) is 5.92 Å². The zero-order chi connectivity index (χ0) is 10.8. The van der Waals surface area contributed by atoms with E-state index in [0.717, 1.165) is 12.8 Å². The second-order valence-electron chi connectivity index (χ2n) is 4.53. The summed E-state index contributed by atoms with van der Waals surface area (Å²) in [4.78, 5) is 11.4. The predicted octanol–water partition coefficient (Wildman–Crippen LogP) is 2.19. The number of rotatable bonds is 2. The van der Waals surface area contributed by atoms with Gasteiger partial charge in [-0.2, -0.15) is 5.26 Å². The van der Waals surface area contributed by atoms with Gasteiger partial charge in [0.2, 0.25) is 0 Å².